The smallest absolute Gasteiger partial charge is 0.450 e. The predicted molar refractivity (Wildman–Crippen MR) is 99.1 cm³/mol. The molecule has 4 nitrogen and oxygen atoms in total. The summed E-state index contributed by atoms with van der Waals surface area (Å²) in [6.07, 6.45) is -3.93. The van der Waals surface area contributed by atoms with E-state index < -0.39 is 22.9 Å². The number of nitrogens with zero attached hydrogens (tertiary/aromatic N) is 1. The lowest BCUT2D eigenvalue weighted by Gasteiger charge is -2.29. The lowest BCUT2D eigenvalue weighted by atomic mass is 10.00. The van der Waals surface area contributed by atoms with Gasteiger partial charge in [0.05, 0.1) is 16.5 Å². The van der Waals surface area contributed by atoms with Gasteiger partial charge in [-0.05, 0) is 24.1 Å². The molecule has 0 aliphatic carbocycles. The van der Waals surface area contributed by atoms with Gasteiger partial charge in [-0.25, -0.2) is 0 Å². The van der Waals surface area contributed by atoms with Crippen molar-refractivity contribution >= 4 is 11.0 Å². The molecule has 1 aromatic heterocycles. The van der Waals surface area contributed by atoms with E-state index >= 15 is 0 Å². The van der Waals surface area contributed by atoms with Gasteiger partial charge in [-0.15, -0.1) is 0 Å². The molecule has 2 heterocycles. The fraction of sp³-hybridized carbons (Fsp3) is 0.286. The molecule has 1 aliphatic rings. The summed E-state index contributed by atoms with van der Waals surface area (Å²) in [4.78, 5) is 15.0. The molecule has 0 N–H and O–H groups in total. The molecule has 0 atom stereocenters. The van der Waals surface area contributed by atoms with Crippen LogP contribution in [0.2, 0.25) is 0 Å². The van der Waals surface area contributed by atoms with E-state index in [0.717, 1.165) is 13.0 Å². The van der Waals surface area contributed by atoms with Gasteiger partial charge in [-0.1, -0.05) is 37.3 Å². The number of halogens is 3. The summed E-state index contributed by atoms with van der Waals surface area (Å²) in [6, 6.07) is 10.9. The third-order valence-electron chi connectivity index (χ3n) is 4.76. The van der Waals surface area contributed by atoms with Crippen LogP contribution in [0.3, 0.4) is 0 Å². The highest BCUT2D eigenvalue weighted by atomic mass is 19.4. The number of ether oxygens (including phenoxy) is 1. The lowest BCUT2D eigenvalue weighted by molar-refractivity contribution is -0.152. The predicted octanol–water partition coefficient (Wildman–Crippen LogP) is 5.04. The number of hydrogen-bond donors (Lipinski definition) is 0. The number of benzene rings is 2. The van der Waals surface area contributed by atoms with Gasteiger partial charge in [-0.2, -0.15) is 13.2 Å². The van der Waals surface area contributed by atoms with Gasteiger partial charge >= 0.3 is 6.18 Å². The molecule has 0 bridgehead atoms. The highest BCUT2D eigenvalue weighted by Crippen LogP contribution is 2.40. The van der Waals surface area contributed by atoms with E-state index in [9.17, 15) is 18.0 Å². The summed E-state index contributed by atoms with van der Waals surface area (Å²) in [5.41, 5.74) is -0.584. The van der Waals surface area contributed by atoms with Crippen molar-refractivity contribution in [3.8, 4) is 16.9 Å². The summed E-state index contributed by atoms with van der Waals surface area (Å²) in [5.74, 6) is -0.833. The molecule has 28 heavy (non-hydrogen) atoms. The summed E-state index contributed by atoms with van der Waals surface area (Å²) < 4.78 is 52.4. The van der Waals surface area contributed by atoms with Crippen molar-refractivity contribution in [1.29, 1.82) is 0 Å². The second kappa shape index (κ2) is 6.98. The van der Waals surface area contributed by atoms with Crippen LogP contribution < -0.4 is 10.2 Å². The zero-order valence-electron chi connectivity index (χ0n) is 15.2. The Hall–Kier alpha value is -2.80. The van der Waals surface area contributed by atoms with E-state index in [-0.39, 0.29) is 16.5 Å². The maximum atomic E-state index is 13.8. The van der Waals surface area contributed by atoms with E-state index in [1.165, 1.54) is 18.2 Å². The Balaban J connectivity index is 2.01. The molecule has 4 rings (SSSR count). The van der Waals surface area contributed by atoms with Gasteiger partial charge in [-0.3, -0.25) is 9.69 Å². The van der Waals surface area contributed by atoms with Gasteiger partial charge in [0.25, 0.3) is 0 Å². The van der Waals surface area contributed by atoms with Gasteiger partial charge in [0.2, 0.25) is 11.2 Å². The molecule has 1 aliphatic heterocycles. The average Bonchev–Trinajstić information content (AvgIpc) is 2.68. The second-order valence-electron chi connectivity index (χ2n) is 6.74. The Labute approximate surface area is 159 Å². The largest absolute Gasteiger partial charge is 0.478 e. The zero-order chi connectivity index (χ0) is 19.9. The fourth-order valence-corrected chi connectivity index (χ4v) is 3.54. The minimum absolute atomic E-state index is 0.0599. The first kappa shape index (κ1) is 18.6. The molecule has 146 valence electrons. The molecule has 0 saturated carbocycles. The monoisotopic (exact) mass is 389 g/mol. The lowest BCUT2D eigenvalue weighted by Crippen LogP contribution is -2.32. The maximum absolute atomic E-state index is 13.8. The third kappa shape index (κ3) is 3.16. The van der Waals surface area contributed by atoms with Crippen LogP contribution in [0, 0.1) is 0 Å². The van der Waals surface area contributed by atoms with Crippen molar-refractivity contribution in [3.63, 3.8) is 0 Å². The molecule has 0 radical (unpaired) electrons. The van der Waals surface area contributed by atoms with Crippen LogP contribution in [0.15, 0.2) is 51.7 Å². The average molecular weight is 389 g/mol. The molecule has 2 aromatic carbocycles. The fourth-order valence-electron chi connectivity index (χ4n) is 3.54. The number of rotatable bonds is 3. The minimum Gasteiger partial charge on any atom is -0.478 e. The van der Waals surface area contributed by atoms with Crippen LogP contribution in [0.25, 0.3) is 22.1 Å². The maximum Gasteiger partial charge on any atom is 0.450 e. The van der Waals surface area contributed by atoms with Crippen molar-refractivity contribution in [1.82, 2.24) is 4.90 Å². The SMILES string of the molecule is CCCN1COc2ccc3c(=O)c(-c4ccccc4)c(C(F)(F)F)oc3c2C1. The highest BCUT2D eigenvalue weighted by molar-refractivity contribution is 5.87. The van der Waals surface area contributed by atoms with Crippen LogP contribution in [-0.2, 0) is 12.7 Å². The normalized spacial score (nSPS) is 14.7. The Morgan fingerprint density at radius 1 is 1.11 bits per heavy atom. The Morgan fingerprint density at radius 3 is 2.54 bits per heavy atom. The van der Waals surface area contributed by atoms with Crippen molar-refractivity contribution in [2.45, 2.75) is 26.1 Å². The summed E-state index contributed by atoms with van der Waals surface area (Å²) >= 11 is 0. The molecule has 0 spiro atoms. The first-order valence-electron chi connectivity index (χ1n) is 9.00. The van der Waals surface area contributed by atoms with Crippen LogP contribution in [-0.4, -0.2) is 18.2 Å². The van der Waals surface area contributed by atoms with E-state index in [0.29, 0.717) is 24.6 Å². The molecular formula is C21H18F3NO3. The Morgan fingerprint density at radius 2 is 1.86 bits per heavy atom. The summed E-state index contributed by atoms with van der Waals surface area (Å²) in [6.45, 7) is 3.46. The standard InChI is InChI=1S/C21H18F3NO3/c1-2-10-25-11-15-16(27-12-25)9-8-14-18(26)17(13-6-4-3-5-7-13)20(21(22,23)24)28-19(14)15/h3-9H,2,10-12H2,1H3. The number of fused-ring (bicyclic) bond motifs is 3. The van der Waals surface area contributed by atoms with Gasteiger partial charge in [0, 0.05) is 13.1 Å². The molecule has 0 saturated heterocycles. The van der Waals surface area contributed by atoms with Crippen LogP contribution >= 0.6 is 0 Å². The first-order valence-corrected chi connectivity index (χ1v) is 9.00. The summed E-state index contributed by atoms with van der Waals surface area (Å²) in [7, 11) is 0. The van der Waals surface area contributed by atoms with Crippen molar-refractivity contribution in [2.75, 3.05) is 13.3 Å². The van der Waals surface area contributed by atoms with Crippen LogP contribution in [0.1, 0.15) is 24.7 Å². The zero-order valence-corrected chi connectivity index (χ0v) is 15.2. The topological polar surface area (TPSA) is 42.7 Å². The second-order valence-corrected chi connectivity index (χ2v) is 6.74. The molecular weight excluding hydrogens is 371 g/mol. The minimum atomic E-state index is -4.81. The van der Waals surface area contributed by atoms with Crippen molar-refractivity contribution in [3.05, 3.63) is 64.0 Å². The molecule has 0 amide bonds. The Bertz CT molecular complexity index is 1070. The van der Waals surface area contributed by atoms with Gasteiger partial charge in [0.1, 0.15) is 18.1 Å². The van der Waals surface area contributed by atoms with Crippen LogP contribution in [0.5, 0.6) is 5.75 Å². The molecule has 0 fully saturated rings. The summed E-state index contributed by atoms with van der Waals surface area (Å²) in [5, 5.41) is 0.118. The van der Waals surface area contributed by atoms with Gasteiger partial charge < -0.3 is 9.15 Å². The van der Waals surface area contributed by atoms with E-state index in [4.69, 9.17) is 9.15 Å². The van der Waals surface area contributed by atoms with Crippen molar-refractivity contribution in [2.24, 2.45) is 0 Å². The molecule has 3 aromatic rings. The third-order valence-corrected chi connectivity index (χ3v) is 4.76. The molecule has 7 heteroatoms. The van der Waals surface area contributed by atoms with E-state index in [1.54, 1.807) is 24.3 Å². The quantitative estimate of drug-likeness (QED) is 0.629. The van der Waals surface area contributed by atoms with E-state index in [1.807, 2.05) is 11.8 Å². The van der Waals surface area contributed by atoms with Crippen molar-refractivity contribution < 1.29 is 22.3 Å². The number of hydrogen-bond acceptors (Lipinski definition) is 4. The number of alkyl halides is 3. The molecule has 0 unspecified atom stereocenters. The Kier molecular flexibility index (Phi) is 4.63. The van der Waals surface area contributed by atoms with E-state index in [2.05, 4.69) is 0 Å². The first-order chi connectivity index (χ1) is 13.4. The van der Waals surface area contributed by atoms with Gasteiger partial charge in [0.15, 0.2) is 0 Å². The highest BCUT2D eigenvalue weighted by Gasteiger charge is 2.40. The van der Waals surface area contributed by atoms with Crippen LogP contribution in [0.4, 0.5) is 13.2 Å².